The van der Waals surface area contributed by atoms with Crippen molar-refractivity contribution >= 4 is 23.6 Å². The van der Waals surface area contributed by atoms with Crippen molar-refractivity contribution in [3.63, 3.8) is 0 Å². The highest BCUT2D eigenvalue weighted by molar-refractivity contribution is 5.99. The maximum absolute atomic E-state index is 12.0. The van der Waals surface area contributed by atoms with Gasteiger partial charge in [0.2, 0.25) is 5.91 Å². The van der Waals surface area contributed by atoms with Crippen molar-refractivity contribution in [3.8, 4) is 6.07 Å². The fourth-order valence-corrected chi connectivity index (χ4v) is 2.56. The topological polar surface area (TPSA) is 71.7 Å². The Morgan fingerprint density at radius 2 is 2.29 bits per heavy atom. The van der Waals surface area contributed by atoms with Gasteiger partial charge in [0.15, 0.2) is 0 Å². The summed E-state index contributed by atoms with van der Waals surface area (Å²) in [6, 6.07) is 7.54. The van der Waals surface area contributed by atoms with Crippen LogP contribution in [0.1, 0.15) is 18.4 Å². The number of hydrogen-bond donors (Lipinski definition) is 1. The average molecular weight is 325 g/mol. The number of benzene rings is 1. The predicted octanol–water partition coefficient (Wildman–Crippen LogP) is 2.37. The Balaban J connectivity index is 2.03. The van der Waals surface area contributed by atoms with Crippen LogP contribution in [0.15, 0.2) is 35.3 Å². The van der Waals surface area contributed by atoms with E-state index < -0.39 is 0 Å². The summed E-state index contributed by atoms with van der Waals surface area (Å²) < 4.78 is 0. The molecule has 0 radical (unpaired) electrons. The standard InChI is InChI=1S/C18H23N5O/c1-22(2)13-20-17-8-6-15(11-14(17)12-19)21-18(24)9-7-16-5-4-10-23(16)3/h6-9,11,13,16H,4-5,10H2,1-3H3,(H,21,24)/b9-7+,20-13?. The molecule has 6 nitrogen and oxygen atoms in total. The summed E-state index contributed by atoms with van der Waals surface area (Å²) in [5, 5.41) is 12.0. The van der Waals surface area contributed by atoms with Crippen LogP contribution in [0.2, 0.25) is 0 Å². The molecule has 1 aromatic carbocycles. The van der Waals surface area contributed by atoms with E-state index in [1.54, 1.807) is 35.5 Å². The zero-order valence-corrected chi connectivity index (χ0v) is 14.4. The highest BCUT2D eigenvalue weighted by Gasteiger charge is 2.17. The highest BCUT2D eigenvalue weighted by Crippen LogP contribution is 2.22. The van der Waals surface area contributed by atoms with Gasteiger partial charge in [0, 0.05) is 31.9 Å². The van der Waals surface area contributed by atoms with Crippen LogP contribution < -0.4 is 5.32 Å². The van der Waals surface area contributed by atoms with Crippen molar-refractivity contribution in [3.05, 3.63) is 35.9 Å². The predicted molar refractivity (Wildman–Crippen MR) is 96.4 cm³/mol. The normalized spacial score (nSPS) is 18.2. The summed E-state index contributed by atoms with van der Waals surface area (Å²) >= 11 is 0. The molecule has 0 spiro atoms. The van der Waals surface area contributed by atoms with Gasteiger partial charge in [-0.15, -0.1) is 0 Å². The molecule has 0 saturated carbocycles. The van der Waals surface area contributed by atoms with Crippen molar-refractivity contribution in [2.45, 2.75) is 18.9 Å². The third-order valence-electron chi connectivity index (χ3n) is 3.86. The smallest absolute Gasteiger partial charge is 0.248 e. The minimum absolute atomic E-state index is 0.191. The zero-order valence-electron chi connectivity index (χ0n) is 14.4. The molecule has 1 N–H and O–H groups in total. The largest absolute Gasteiger partial charge is 0.369 e. The molecule has 1 aliphatic heterocycles. The molecule has 1 aromatic rings. The number of nitrogens with one attached hydrogen (secondary N) is 1. The molecule has 24 heavy (non-hydrogen) atoms. The number of likely N-dealkylation sites (N-methyl/N-ethyl adjacent to an activating group) is 1. The van der Waals surface area contributed by atoms with Crippen LogP contribution in [0.4, 0.5) is 11.4 Å². The number of nitrogens with zero attached hydrogens (tertiary/aromatic N) is 4. The Morgan fingerprint density at radius 1 is 1.50 bits per heavy atom. The first-order chi connectivity index (χ1) is 11.5. The Hall–Kier alpha value is -2.65. The molecule has 0 aromatic heterocycles. The monoisotopic (exact) mass is 325 g/mol. The molecular weight excluding hydrogens is 302 g/mol. The van der Waals surface area contributed by atoms with Gasteiger partial charge < -0.3 is 10.2 Å². The summed E-state index contributed by atoms with van der Waals surface area (Å²) in [4.78, 5) is 20.3. The molecule has 1 fully saturated rings. The minimum Gasteiger partial charge on any atom is -0.369 e. The number of likely N-dealkylation sites (tertiary alicyclic amines) is 1. The molecule has 6 heteroatoms. The van der Waals surface area contributed by atoms with E-state index in [2.05, 4.69) is 28.3 Å². The first-order valence-electron chi connectivity index (χ1n) is 7.94. The van der Waals surface area contributed by atoms with Crippen LogP contribution in [0, 0.1) is 11.3 Å². The summed E-state index contributed by atoms with van der Waals surface area (Å²) in [5.74, 6) is -0.191. The number of aliphatic imine (C=N–C) groups is 1. The molecule has 1 heterocycles. The van der Waals surface area contributed by atoms with Crippen molar-refractivity contribution in [1.82, 2.24) is 9.80 Å². The Kier molecular flexibility index (Phi) is 6.10. The Morgan fingerprint density at radius 3 is 2.92 bits per heavy atom. The summed E-state index contributed by atoms with van der Waals surface area (Å²) in [7, 11) is 5.78. The summed E-state index contributed by atoms with van der Waals surface area (Å²) in [6.07, 6.45) is 7.38. The van der Waals surface area contributed by atoms with Gasteiger partial charge in [-0.25, -0.2) is 4.99 Å². The van der Waals surface area contributed by atoms with Gasteiger partial charge in [0.25, 0.3) is 0 Å². The van der Waals surface area contributed by atoms with Crippen molar-refractivity contribution < 1.29 is 4.79 Å². The second-order valence-electron chi connectivity index (χ2n) is 6.09. The van der Waals surface area contributed by atoms with Crippen LogP contribution in [0.5, 0.6) is 0 Å². The highest BCUT2D eigenvalue weighted by atomic mass is 16.1. The molecular formula is C18H23N5O. The summed E-state index contributed by atoms with van der Waals surface area (Å²) in [6.45, 7) is 1.07. The van der Waals surface area contributed by atoms with Crippen LogP contribution in [-0.4, -0.2) is 55.8 Å². The quantitative estimate of drug-likeness (QED) is 0.512. The van der Waals surface area contributed by atoms with Crippen molar-refractivity contribution in [2.75, 3.05) is 33.0 Å². The lowest BCUT2D eigenvalue weighted by Gasteiger charge is -2.14. The van der Waals surface area contributed by atoms with E-state index in [1.165, 1.54) is 0 Å². The molecule has 1 aliphatic rings. The number of anilines is 1. The molecule has 1 atom stereocenters. The third kappa shape index (κ3) is 4.93. The van der Waals surface area contributed by atoms with Gasteiger partial charge in [0.05, 0.1) is 17.6 Å². The van der Waals surface area contributed by atoms with Gasteiger partial charge in [0.1, 0.15) is 6.07 Å². The van der Waals surface area contributed by atoms with Crippen LogP contribution >= 0.6 is 0 Å². The molecule has 1 saturated heterocycles. The number of rotatable bonds is 5. The second kappa shape index (κ2) is 8.27. The molecule has 0 bridgehead atoms. The van der Waals surface area contributed by atoms with E-state index in [9.17, 15) is 10.1 Å². The molecule has 2 rings (SSSR count). The van der Waals surface area contributed by atoms with Gasteiger partial charge in [-0.1, -0.05) is 6.08 Å². The number of carbonyl (C=O) groups excluding carboxylic acids is 1. The average Bonchev–Trinajstić information content (AvgIpc) is 2.96. The van der Waals surface area contributed by atoms with Crippen LogP contribution in [-0.2, 0) is 4.79 Å². The van der Waals surface area contributed by atoms with E-state index >= 15 is 0 Å². The molecule has 126 valence electrons. The zero-order chi connectivity index (χ0) is 17.5. The van der Waals surface area contributed by atoms with Gasteiger partial charge in [-0.3, -0.25) is 9.69 Å². The lowest BCUT2D eigenvalue weighted by Crippen LogP contribution is -2.23. The van der Waals surface area contributed by atoms with Gasteiger partial charge >= 0.3 is 0 Å². The first kappa shape index (κ1) is 17.7. The lowest BCUT2D eigenvalue weighted by molar-refractivity contribution is -0.111. The SMILES string of the molecule is CN(C)C=Nc1ccc(NC(=O)/C=C/C2CCCN2C)cc1C#N. The van der Waals surface area contributed by atoms with E-state index in [-0.39, 0.29) is 5.91 Å². The Labute approximate surface area is 143 Å². The van der Waals surface area contributed by atoms with Gasteiger partial charge in [-0.2, -0.15) is 5.26 Å². The van der Waals surface area contributed by atoms with Crippen LogP contribution in [0.25, 0.3) is 0 Å². The number of amides is 1. The number of hydrogen-bond acceptors (Lipinski definition) is 4. The number of nitriles is 1. The fourth-order valence-electron chi connectivity index (χ4n) is 2.56. The van der Waals surface area contributed by atoms with Crippen molar-refractivity contribution in [1.29, 1.82) is 5.26 Å². The molecule has 0 aliphatic carbocycles. The maximum Gasteiger partial charge on any atom is 0.248 e. The Bertz CT molecular complexity index is 687. The van der Waals surface area contributed by atoms with E-state index in [1.807, 2.05) is 20.2 Å². The minimum atomic E-state index is -0.191. The fraction of sp³-hybridized carbons (Fsp3) is 0.389. The second-order valence-corrected chi connectivity index (χ2v) is 6.09. The summed E-state index contributed by atoms with van der Waals surface area (Å²) in [5.41, 5.74) is 1.59. The lowest BCUT2D eigenvalue weighted by atomic mass is 10.1. The third-order valence-corrected chi connectivity index (χ3v) is 3.86. The maximum atomic E-state index is 12.0. The van der Waals surface area contributed by atoms with E-state index in [0.29, 0.717) is 23.0 Å². The molecule has 1 amide bonds. The molecule has 1 unspecified atom stereocenters. The van der Waals surface area contributed by atoms with E-state index in [4.69, 9.17) is 0 Å². The first-order valence-corrected chi connectivity index (χ1v) is 7.94. The van der Waals surface area contributed by atoms with E-state index in [0.717, 1.165) is 19.4 Å². The van der Waals surface area contributed by atoms with Crippen LogP contribution in [0.3, 0.4) is 0 Å². The number of carbonyl (C=O) groups is 1. The van der Waals surface area contributed by atoms with Gasteiger partial charge in [-0.05, 0) is 44.6 Å². The van der Waals surface area contributed by atoms with Crippen molar-refractivity contribution in [2.24, 2.45) is 4.99 Å².